The van der Waals surface area contributed by atoms with Crippen molar-refractivity contribution in [2.75, 3.05) is 5.73 Å². The zero-order valence-electron chi connectivity index (χ0n) is 21.7. The smallest absolute Gasteiger partial charge is 0.359 e. The Hall–Kier alpha value is -2.19. The van der Waals surface area contributed by atoms with E-state index >= 15 is 0 Å². The number of nitrogens with zero attached hydrogens (tertiary/aromatic N) is 5. The fourth-order valence-electron chi connectivity index (χ4n) is 4.17. The largest absolute Gasteiger partial charge is 0.388 e. The lowest BCUT2D eigenvalue weighted by molar-refractivity contribution is -0.0774. The lowest BCUT2D eigenvalue weighted by atomic mass is 9.88. The molecule has 0 amide bonds. The second-order valence-corrected chi connectivity index (χ2v) is 11.7. The lowest BCUT2D eigenvalue weighted by Crippen LogP contribution is -2.41. The number of aromatic nitrogens is 5. The number of hydrogen-bond acceptors (Lipinski definition) is 11. The van der Waals surface area contributed by atoms with Crippen LogP contribution in [0.15, 0.2) is 17.2 Å². The van der Waals surface area contributed by atoms with Gasteiger partial charge in [0.1, 0.15) is 17.9 Å². The summed E-state index contributed by atoms with van der Waals surface area (Å²) in [6.07, 6.45) is -1.45. The number of hydrogen-bond donors (Lipinski definition) is 5. The third-order valence-corrected chi connectivity index (χ3v) is 9.35. The first-order valence-electron chi connectivity index (χ1n) is 12.3. The van der Waals surface area contributed by atoms with Gasteiger partial charge in [0.15, 0.2) is 17.4 Å². The van der Waals surface area contributed by atoms with Crippen molar-refractivity contribution < 1.29 is 34.0 Å². The van der Waals surface area contributed by atoms with Crippen LogP contribution in [0.1, 0.15) is 72.2 Å². The van der Waals surface area contributed by atoms with Gasteiger partial charge in [-0.15, -0.1) is 5.10 Å². The summed E-state index contributed by atoms with van der Waals surface area (Å²) in [5.41, 5.74) is 4.76. The number of aliphatic hydroxyl groups excluding tert-OH is 2. The number of ether oxygens (including phenoxy) is 1. The third-order valence-electron chi connectivity index (χ3n) is 7.18. The van der Waals surface area contributed by atoms with Crippen molar-refractivity contribution in [1.29, 1.82) is 0 Å². The zero-order chi connectivity index (χ0) is 27.8. The summed E-state index contributed by atoms with van der Waals surface area (Å²) in [6, 6.07) is 0. The molecule has 1 fully saturated rings. The van der Waals surface area contributed by atoms with E-state index < -0.39 is 48.8 Å². The summed E-state index contributed by atoms with van der Waals surface area (Å²) in [5, 5.41) is 38.1. The van der Waals surface area contributed by atoms with Gasteiger partial charge in [-0.2, -0.15) is 4.98 Å². The van der Waals surface area contributed by atoms with Gasteiger partial charge in [0.05, 0.1) is 23.6 Å². The first-order valence-corrected chi connectivity index (χ1v) is 13.9. The molecule has 0 radical (unpaired) electrons. The van der Waals surface area contributed by atoms with Crippen LogP contribution in [-0.4, -0.2) is 74.0 Å². The molecular formula is C22H37N6O8P. The Morgan fingerprint density at radius 3 is 2.35 bits per heavy atom. The van der Waals surface area contributed by atoms with Crippen molar-refractivity contribution in [3.8, 4) is 5.69 Å². The molecule has 6 unspecified atom stereocenters. The van der Waals surface area contributed by atoms with Crippen molar-refractivity contribution in [2.24, 2.45) is 0 Å². The average Bonchev–Trinajstić information content (AvgIpc) is 3.44. The molecule has 208 valence electrons. The van der Waals surface area contributed by atoms with Crippen molar-refractivity contribution in [3.63, 3.8) is 0 Å². The quantitative estimate of drug-likeness (QED) is 0.250. The van der Waals surface area contributed by atoms with Crippen molar-refractivity contribution in [1.82, 2.24) is 24.5 Å². The Balaban J connectivity index is 1.92. The number of nitrogen functional groups attached to an aromatic ring is 1. The summed E-state index contributed by atoms with van der Waals surface area (Å²) in [4.78, 5) is 27.0. The minimum Gasteiger partial charge on any atom is -0.388 e. The molecule has 14 nitrogen and oxygen atoms in total. The molecule has 37 heavy (non-hydrogen) atoms. The molecule has 2 aromatic rings. The van der Waals surface area contributed by atoms with E-state index in [-0.39, 0.29) is 37.2 Å². The molecule has 6 atom stereocenters. The van der Waals surface area contributed by atoms with Crippen LogP contribution in [-0.2, 0) is 20.2 Å². The van der Waals surface area contributed by atoms with E-state index in [4.69, 9.17) is 15.0 Å². The van der Waals surface area contributed by atoms with Crippen LogP contribution >= 0.6 is 7.60 Å². The van der Waals surface area contributed by atoms with Crippen LogP contribution in [0.4, 0.5) is 5.82 Å². The Bertz CT molecular complexity index is 1200. The normalized spacial score (nSPS) is 25.6. The molecule has 3 rings (SSSR count). The zero-order valence-corrected chi connectivity index (χ0v) is 22.6. The van der Waals surface area contributed by atoms with E-state index in [1.165, 1.54) is 17.8 Å². The number of rotatable bonds is 11. The summed E-state index contributed by atoms with van der Waals surface area (Å²) in [7, 11) is -4.51. The van der Waals surface area contributed by atoms with E-state index in [1.54, 1.807) is 27.0 Å². The molecule has 2 aromatic heterocycles. The molecular weight excluding hydrogens is 507 g/mol. The maximum absolute atomic E-state index is 12.9. The topological polar surface area (TPSA) is 208 Å². The van der Waals surface area contributed by atoms with Gasteiger partial charge in [0.25, 0.3) is 0 Å². The second-order valence-electron chi connectivity index (χ2n) is 9.53. The summed E-state index contributed by atoms with van der Waals surface area (Å²) < 4.78 is 26.9. The minimum absolute atomic E-state index is 0.0193. The Morgan fingerprint density at radius 1 is 1.16 bits per heavy atom. The van der Waals surface area contributed by atoms with Gasteiger partial charge in [-0.1, -0.05) is 32.9 Å². The minimum atomic E-state index is -4.51. The first-order chi connectivity index (χ1) is 17.2. The van der Waals surface area contributed by atoms with Gasteiger partial charge in [-0.3, -0.25) is 13.7 Å². The number of aliphatic hydroxyl groups is 3. The predicted octanol–water partition coefficient (Wildman–Crippen LogP) is 0.857. The number of aryl methyl sites for hydroxylation is 1. The summed E-state index contributed by atoms with van der Waals surface area (Å²) >= 11 is 0. The maximum atomic E-state index is 12.9. The highest BCUT2D eigenvalue weighted by molar-refractivity contribution is 7.54. The van der Waals surface area contributed by atoms with Crippen molar-refractivity contribution in [3.05, 3.63) is 28.6 Å². The van der Waals surface area contributed by atoms with Gasteiger partial charge in [-0.05, 0) is 32.6 Å². The lowest BCUT2D eigenvalue weighted by Gasteiger charge is -2.39. The van der Waals surface area contributed by atoms with Crippen molar-refractivity contribution in [2.45, 2.75) is 102 Å². The average molecular weight is 545 g/mol. The number of nitrogens with two attached hydrogens (primary N) is 1. The molecule has 6 N–H and O–H groups in total. The van der Waals surface area contributed by atoms with Crippen LogP contribution in [0.3, 0.4) is 0 Å². The highest BCUT2D eigenvalue weighted by Gasteiger charge is 2.51. The van der Waals surface area contributed by atoms with Crippen LogP contribution in [0.2, 0.25) is 0 Å². The van der Waals surface area contributed by atoms with Crippen molar-refractivity contribution >= 4 is 13.4 Å². The predicted molar refractivity (Wildman–Crippen MR) is 133 cm³/mol. The molecule has 15 heteroatoms. The van der Waals surface area contributed by atoms with Gasteiger partial charge < -0.3 is 30.7 Å². The molecule has 0 saturated carbocycles. The first kappa shape index (κ1) is 29.4. The van der Waals surface area contributed by atoms with Gasteiger partial charge in [0, 0.05) is 12.6 Å². The van der Waals surface area contributed by atoms with Crippen LogP contribution in [0.5, 0.6) is 0 Å². The van der Waals surface area contributed by atoms with E-state index in [9.17, 15) is 29.6 Å². The molecule has 0 aliphatic carbocycles. The fraction of sp³-hybridized carbons (Fsp3) is 0.727. The Kier molecular flexibility index (Phi) is 8.64. The highest BCUT2D eigenvalue weighted by atomic mass is 31.2. The second kappa shape index (κ2) is 10.9. The molecule has 0 spiro atoms. The van der Waals surface area contributed by atoms with E-state index in [0.29, 0.717) is 12.1 Å². The molecule has 1 aliphatic rings. The third kappa shape index (κ3) is 5.65. The van der Waals surface area contributed by atoms with Gasteiger partial charge in [-0.25, -0.2) is 9.48 Å². The molecule has 0 aromatic carbocycles. The van der Waals surface area contributed by atoms with Crippen LogP contribution < -0.4 is 11.4 Å². The monoisotopic (exact) mass is 544 g/mol. The number of anilines is 1. The van der Waals surface area contributed by atoms with E-state index in [0.717, 1.165) is 4.57 Å². The molecule has 1 aliphatic heterocycles. The maximum Gasteiger partial charge on any atom is 0.359 e. The Labute approximate surface area is 214 Å². The van der Waals surface area contributed by atoms with Gasteiger partial charge >= 0.3 is 13.3 Å². The molecule has 3 heterocycles. The SMILES string of the molecule is CCc1cn(-c2cn(C3OC(CC(CC)(CC)OP(=O)(O)C(C)(O)CC)C(O)C3O)c(=O)nc2N)nn1. The van der Waals surface area contributed by atoms with Crippen LogP contribution in [0, 0.1) is 0 Å². The van der Waals surface area contributed by atoms with E-state index in [1.807, 2.05) is 6.92 Å². The fourth-order valence-corrected chi connectivity index (χ4v) is 5.62. The molecule has 0 bridgehead atoms. The summed E-state index contributed by atoms with van der Waals surface area (Å²) in [6.45, 7) is 8.16. The standard InChI is InChI=1S/C22H37N6O8P/c1-6-13-11-28(26-25-13)14-12-27(20(31)24-18(14)23)19-17(30)16(29)15(35-19)10-22(8-3,9-4)36-37(33,34)21(5,32)7-2/h11-12,15-17,19,29-30,32H,6-10H2,1-5H3,(H,33,34)(H2,23,24,31). The summed E-state index contributed by atoms with van der Waals surface area (Å²) in [5.74, 6) is -0.107. The highest BCUT2D eigenvalue weighted by Crippen LogP contribution is 2.59. The van der Waals surface area contributed by atoms with Gasteiger partial charge in [0.2, 0.25) is 0 Å². The van der Waals surface area contributed by atoms with E-state index in [2.05, 4.69) is 15.3 Å². The van der Waals surface area contributed by atoms with Crippen LogP contribution in [0.25, 0.3) is 5.69 Å². The molecule has 1 saturated heterocycles. The Morgan fingerprint density at radius 2 is 1.81 bits per heavy atom.